The first-order valence-corrected chi connectivity index (χ1v) is 10.6. The molecule has 31 heavy (non-hydrogen) atoms. The van der Waals surface area contributed by atoms with Crippen LogP contribution in [0.4, 0.5) is 4.39 Å². The lowest BCUT2D eigenvalue weighted by molar-refractivity contribution is -0.128. The maximum atomic E-state index is 13.9. The van der Waals surface area contributed by atoms with Gasteiger partial charge < -0.3 is 9.47 Å². The van der Waals surface area contributed by atoms with Crippen LogP contribution in [0.5, 0.6) is 11.5 Å². The number of nitrogens with one attached hydrogen (secondary N) is 1. The largest absolute Gasteiger partial charge is 0.493 e. The number of carbonyl (C=O) groups is 2. The van der Waals surface area contributed by atoms with Gasteiger partial charge in [0.1, 0.15) is 18.0 Å². The topological polar surface area (TPSA) is 67.9 Å². The Labute approximate surface area is 197 Å². The highest BCUT2D eigenvalue weighted by molar-refractivity contribution is 14.1. The molecule has 9 heteroatoms. The van der Waals surface area contributed by atoms with Gasteiger partial charge in [-0.2, -0.15) is 0 Å². The molecule has 0 unspecified atom stereocenters. The van der Waals surface area contributed by atoms with E-state index in [4.69, 9.17) is 21.7 Å². The van der Waals surface area contributed by atoms with Crippen molar-refractivity contribution in [1.82, 2.24) is 10.2 Å². The summed E-state index contributed by atoms with van der Waals surface area (Å²) in [6.07, 6.45) is 2.98. The van der Waals surface area contributed by atoms with Crippen molar-refractivity contribution in [2.24, 2.45) is 0 Å². The molecule has 0 aliphatic carbocycles. The lowest BCUT2D eigenvalue weighted by Crippen LogP contribution is -2.53. The third-order valence-electron chi connectivity index (χ3n) is 4.39. The van der Waals surface area contributed by atoms with Crippen molar-refractivity contribution < 1.29 is 23.5 Å². The zero-order valence-corrected chi connectivity index (χ0v) is 19.5. The van der Waals surface area contributed by atoms with Crippen LogP contribution >= 0.6 is 34.8 Å². The summed E-state index contributed by atoms with van der Waals surface area (Å²) in [5.74, 6) is -0.632. The molecule has 1 N–H and O–H groups in total. The van der Waals surface area contributed by atoms with E-state index in [1.165, 1.54) is 30.2 Å². The Hall–Kier alpha value is -2.79. The smallest absolute Gasteiger partial charge is 0.265 e. The zero-order chi connectivity index (χ0) is 22.5. The molecule has 3 rings (SSSR count). The second-order valence-corrected chi connectivity index (χ2v) is 7.98. The molecule has 1 heterocycles. The number of hydrogen-bond donors (Lipinski definition) is 1. The van der Waals surface area contributed by atoms with Gasteiger partial charge in [0.15, 0.2) is 16.6 Å². The monoisotopic (exact) mass is 552 g/mol. The van der Waals surface area contributed by atoms with Gasteiger partial charge in [0, 0.05) is 12.1 Å². The van der Waals surface area contributed by atoms with Crippen LogP contribution in [0.3, 0.4) is 0 Å². The molecule has 0 saturated carbocycles. The molecule has 1 fully saturated rings. The lowest BCUT2D eigenvalue weighted by atomic mass is 10.1. The Morgan fingerprint density at radius 2 is 2.03 bits per heavy atom. The van der Waals surface area contributed by atoms with Gasteiger partial charge in [0.25, 0.3) is 11.8 Å². The molecular formula is C22H18FIN2O4S. The molecule has 1 saturated heterocycles. The predicted octanol–water partition coefficient (Wildman–Crippen LogP) is 3.83. The summed E-state index contributed by atoms with van der Waals surface area (Å²) in [6.45, 7) is 3.80. The highest BCUT2D eigenvalue weighted by Gasteiger charge is 2.32. The molecular weight excluding hydrogens is 534 g/mol. The molecule has 160 valence electrons. The molecule has 2 amide bonds. The van der Waals surface area contributed by atoms with Crippen LogP contribution in [0.2, 0.25) is 0 Å². The van der Waals surface area contributed by atoms with E-state index in [1.807, 2.05) is 0 Å². The fourth-order valence-corrected chi connectivity index (χ4v) is 3.92. The van der Waals surface area contributed by atoms with E-state index >= 15 is 0 Å². The van der Waals surface area contributed by atoms with Crippen LogP contribution in [-0.2, 0) is 16.2 Å². The Balaban J connectivity index is 1.91. The number of amides is 2. The fraction of sp³-hybridized carbons (Fsp3) is 0.136. The average molecular weight is 552 g/mol. The molecule has 0 radical (unpaired) electrons. The number of methoxy groups -OCH3 is 1. The normalized spacial score (nSPS) is 15.1. The van der Waals surface area contributed by atoms with Gasteiger partial charge in [0.2, 0.25) is 0 Å². The maximum absolute atomic E-state index is 13.9. The van der Waals surface area contributed by atoms with Crippen LogP contribution in [0, 0.1) is 9.39 Å². The Morgan fingerprint density at radius 1 is 1.29 bits per heavy atom. The van der Waals surface area contributed by atoms with Crippen LogP contribution < -0.4 is 14.8 Å². The third kappa shape index (κ3) is 5.10. The van der Waals surface area contributed by atoms with Crippen molar-refractivity contribution in [3.8, 4) is 11.5 Å². The molecule has 0 atom stereocenters. The highest BCUT2D eigenvalue weighted by atomic mass is 127. The SMILES string of the molecule is C=CCN1C(=O)/C(=C/c2cc(I)c(OCc3ccccc3F)c(OC)c2)C(=O)NC1=S. The van der Waals surface area contributed by atoms with E-state index in [9.17, 15) is 14.0 Å². The van der Waals surface area contributed by atoms with Gasteiger partial charge >= 0.3 is 0 Å². The molecule has 6 nitrogen and oxygen atoms in total. The number of hydrogen-bond acceptors (Lipinski definition) is 5. The number of benzene rings is 2. The van der Waals surface area contributed by atoms with E-state index in [-0.39, 0.29) is 29.7 Å². The van der Waals surface area contributed by atoms with E-state index < -0.39 is 11.8 Å². The minimum atomic E-state index is -0.579. The molecule has 0 spiro atoms. The van der Waals surface area contributed by atoms with Crippen molar-refractivity contribution in [3.63, 3.8) is 0 Å². The lowest BCUT2D eigenvalue weighted by Gasteiger charge is -2.27. The molecule has 0 bridgehead atoms. The third-order valence-corrected chi connectivity index (χ3v) is 5.51. The summed E-state index contributed by atoms with van der Waals surface area (Å²) in [5.41, 5.74) is 0.909. The number of ether oxygens (including phenoxy) is 2. The van der Waals surface area contributed by atoms with Crippen molar-refractivity contribution in [2.75, 3.05) is 13.7 Å². The summed E-state index contributed by atoms with van der Waals surface area (Å²) in [4.78, 5) is 26.3. The van der Waals surface area contributed by atoms with Crippen LogP contribution in [-0.4, -0.2) is 35.5 Å². The van der Waals surface area contributed by atoms with Gasteiger partial charge in [-0.05, 0) is 64.6 Å². The van der Waals surface area contributed by atoms with E-state index in [1.54, 1.807) is 30.3 Å². The quantitative estimate of drug-likeness (QED) is 0.186. The average Bonchev–Trinajstić information content (AvgIpc) is 2.74. The van der Waals surface area contributed by atoms with E-state index in [2.05, 4.69) is 34.5 Å². The Morgan fingerprint density at radius 3 is 2.71 bits per heavy atom. The van der Waals surface area contributed by atoms with Crippen LogP contribution in [0.1, 0.15) is 11.1 Å². The van der Waals surface area contributed by atoms with Gasteiger partial charge in [-0.3, -0.25) is 19.8 Å². The Kier molecular flexibility index (Phi) is 7.39. The number of thiocarbonyl (C=S) groups is 1. The van der Waals surface area contributed by atoms with Crippen molar-refractivity contribution >= 4 is 57.8 Å². The van der Waals surface area contributed by atoms with E-state index in [0.717, 1.165) is 0 Å². The van der Waals surface area contributed by atoms with Gasteiger partial charge in [-0.25, -0.2) is 4.39 Å². The van der Waals surface area contributed by atoms with Crippen molar-refractivity contribution in [3.05, 3.63) is 75.1 Å². The summed E-state index contributed by atoms with van der Waals surface area (Å²) in [5, 5.41) is 2.54. The first kappa shape index (κ1) is 22.9. The standard InChI is InChI=1S/C22H18FIN2O4S/c1-3-8-26-21(28)15(20(27)25-22(26)31)9-13-10-17(24)19(18(11-13)29-2)30-12-14-6-4-5-7-16(14)23/h3-7,9-11H,1,8,12H2,2H3,(H,25,27,31)/b15-9+. The van der Waals surface area contributed by atoms with Crippen LogP contribution in [0.15, 0.2) is 54.6 Å². The summed E-state index contributed by atoms with van der Waals surface area (Å²) in [7, 11) is 1.47. The molecule has 2 aromatic rings. The predicted molar refractivity (Wildman–Crippen MR) is 127 cm³/mol. The first-order valence-electron chi connectivity index (χ1n) is 9.09. The van der Waals surface area contributed by atoms with Crippen molar-refractivity contribution in [2.45, 2.75) is 6.61 Å². The molecule has 1 aliphatic heterocycles. The Bertz CT molecular complexity index is 1100. The summed E-state index contributed by atoms with van der Waals surface area (Å²) in [6, 6.07) is 9.71. The van der Waals surface area contributed by atoms with Gasteiger partial charge in [-0.1, -0.05) is 24.3 Å². The van der Waals surface area contributed by atoms with E-state index in [0.29, 0.717) is 26.2 Å². The fourth-order valence-electron chi connectivity index (χ4n) is 2.88. The number of rotatable bonds is 7. The molecule has 0 aromatic heterocycles. The maximum Gasteiger partial charge on any atom is 0.265 e. The van der Waals surface area contributed by atoms with Gasteiger partial charge in [-0.15, -0.1) is 6.58 Å². The second kappa shape index (κ2) is 10.0. The summed E-state index contributed by atoms with van der Waals surface area (Å²) >= 11 is 7.11. The van der Waals surface area contributed by atoms with Crippen LogP contribution in [0.25, 0.3) is 6.08 Å². The first-order chi connectivity index (χ1) is 14.8. The number of nitrogens with zero attached hydrogens (tertiary/aromatic N) is 1. The molecule has 2 aromatic carbocycles. The van der Waals surface area contributed by atoms with Gasteiger partial charge in [0.05, 0.1) is 10.7 Å². The van der Waals surface area contributed by atoms with Crippen molar-refractivity contribution in [1.29, 1.82) is 0 Å². The molecule has 1 aliphatic rings. The number of carbonyl (C=O) groups excluding carboxylic acids is 2. The summed E-state index contributed by atoms with van der Waals surface area (Å²) < 4.78 is 25.8. The second-order valence-electron chi connectivity index (χ2n) is 6.44. The zero-order valence-electron chi connectivity index (χ0n) is 16.5. The minimum Gasteiger partial charge on any atom is -0.493 e. The highest BCUT2D eigenvalue weighted by Crippen LogP contribution is 2.35. The minimum absolute atomic E-state index is 0.0221. The number of halogens is 2.